The molecule has 1 aliphatic heterocycles. The van der Waals surface area contributed by atoms with E-state index in [-0.39, 0.29) is 11.8 Å². The van der Waals surface area contributed by atoms with Crippen LogP contribution in [0, 0.1) is 0 Å². The van der Waals surface area contributed by atoms with Crippen LogP contribution in [0.2, 0.25) is 5.02 Å². The van der Waals surface area contributed by atoms with Crippen molar-refractivity contribution in [2.45, 2.75) is 0 Å². The van der Waals surface area contributed by atoms with Crippen LogP contribution in [-0.4, -0.2) is 46.4 Å². The minimum absolute atomic E-state index is 0.0777. The van der Waals surface area contributed by atoms with Gasteiger partial charge >= 0.3 is 0 Å². The smallest absolute Gasteiger partial charge is 0.271 e. The molecule has 0 saturated carbocycles. The maximum atomic E-state index is 10.2. The summed E-state index contributed by atoms with van der Waals surface area (Å²) in [6, 6.07) is 7.18. The van der Waals surface area contributed by atoms with Crippen LogP contribution in [0.1, 0.15) is 0 Å². The highest BCUT2D eigenvalue weighted by molar-refractivity contribution is 7.17. The summed E-state index contributed by atoms with van der Waals surface area (Å²) in [6.07, 6.45) is 0. The van der Waals surface area contributed by atoms with Crippen molar-refractivity contribution < 1.29 is 9.84 Å². The third-order valence-corrected chi connectivity index (χ3v) is 5.67. The molecule has 4 heterocycles. The number of aromatic amines is 1. The van der Waals surface area contributed by atoms with Crippen LogP contribution in [0.5, 0.6) is 5.88 Å². The Hall–Kier alpha value is -2.75. The second kappa shape index (κ2) is 7.01. The van der Waals surface area contributed by atoms with E-state index in [0.717, 1.165) is 34.6 Å². The monoisotopic (exact) mass is 414 g/mol. The van der Waals surface area contributed by atoms with Gasteiger partial charge in [0.05, 0.1) is 28.9 Å². The lowest BCUT2D eigenvalue weighted by atomic mass is 10.2. The third-order valence-electron chi connectivity index (χ3n) is 4.54. The SMILES string of the molecule is Oc1[nH]c2ccc(Cl)cc2c1N=Nc1nc(N2CCOCC2)c2sccc2n1. The summed E-state index contributed by atoms with van der Waals surface area (Å²) >= 11 is 7.67. The van der Waals surface area contributed by atoms with E-state index in [4.69, 9.17) is 16.3 Å². The Morgan fingerprint density at radius 1 is 1.18 bits per heavy atom. The van der Waals surface area contributed by atoms with E-state index < -0.39 is 0 Å². The molecule has 8 nitrogen and oxygen atoms in total. The number of hydrogen-bond acceptors (Lipinski definition) is 8. The molecule has 10 heteroatoms. The van der Waals surface area contributed by atoms with Crippen LogP contribution >= 0.6 is 22.9 Å². The van der Waals surface area contributed by atoms with Gasteiger partial charge in [-0.2, -0.15) is 4.98 Å². The van der Waals surface area contributed by atoms with E-state index in [1.807, 2.05) is 11.4 Å². The van der Waals surface area contributed by atoms with E-state index in [2.05, 4.69) is 30.1 Å². The Morgan fingerprint density at radius 2 is 2.04 bits per heavy atom. The summed E-state index contributed by atoms with van der Waals surface area (Å²) in [5.41, 5.74) is 1.85. The number of benzene rings is 1. The summed E-state index contributed by atoms with van der Waals surface area (Å²) in [7, 11) is 0. The average molecular weight is 415 g/mol. The number of hydrogen-bond donors (Lipinski definition) is 2. The second-order valence-corrected chi connectivity index (χ2v) is 7.65. The first kappa shape index (κ1) is 17.4. The lowest BCUT2D eigenvalue weighted by Crippen LogP contribution is -2.36. The summed E-state index contributed by atoms with van der Waals surface area (Å²) in [6.45, 7) is 2.86. The minimum atomic E-state index is -0.0777. The van der Waals surface area contributed by atoms with E-state index in [9.17, 15) is 5.11 Å². The molecule has 5 rings (SSSR count). The fraction of sp³-hybridized carbons (Fsp3) is 0.222. The average Bonchev–Trinajstić information content (AvgIpc) is 3.30. The summed E-state index contributed by atoms with van der Waals surface area (Å²) in [4.78, 5) is 14.1. The van der Waals surface area contributed by atoms with Gasteiger partial charge < -0.3 is 19.7 Å². The molecule has 3 aromatic heterocycles. The number of rotatable bonds is 3. The van der Waals surface area contributed by atoms with Gasteiger partial charge in [-0.1, -0.05) is 11.6 Å². The van der Waals surface area contributed by atoms with E-state index in [0.29, 0.717) is 29.3 Å². The Labute approximate surface area is 168 Å². The maximum Gasteiger partial charge on any atom is 0.271 e. The molecule has 0 radical (unpaired) electrons. The quantitative estimate of drug-likeness (QED) is 0.470. The number of nitrogens with one attached hydrogen (secondary N) is 1. The molecule has 4 aromatic rings. The van der Waals surface area contributed by atoms with Crippen molar-refractivity contribution in [1.82, 2.24) is 15.0 Å². The fourth-order valence-electron chi connectivity index (χ4n) is 3.20. The standard InChI is InChI=1S/C18H15ClN6O2S/c19-10-1-2-12-11(9-10)14(17(26)20-12)23-24-18-21-13-3-8-28-15(13)16(22-18)25-4-6-27-7-5-25/h1-3,8-9,20,26H,4-7H2. The third kappa shape index (κ3) is 3.07. The van der Waals surface area contributed by atoms with Crippen molar-refractivity contribution in [3.05, 3.63) is 34.7 Å². The first-order valence-electron chi connectivity index (χ1n) is 8.69. The molecule has 1 aliphatic rings. The normalized spacial score (nSPS) is 15.2. The first-order valence-corrected chi connectivity index (χ1v) is 9.95. The molecule has 1 aromatic carbocycles. The highest BCUT2D eigenvalue weighted by atomic mass is 35.5. The number of H-pyrrole nitrogens is 1. The summed E-state index contributed by atoms with van der Waals surface area (Å²) < 4.78 is 6.46. The molecular formula is C18H15ClN6O2S. The zero-order valence-electron chi connectivity index (χ0n) is 14.6. The number of halogens is 1. The summed E-state index contributed by atoms with van der Waals surface area (Å²) in [5.74, 6) is 0.998. The van der Waals surface area contributed by atoms with Crippen molar-refractivity contribution >= 4 is 61.5 Å². The van der Waals surface area contributed by atoms with E-state index in [1.165, 1.54) is 0 Å². The van der Waals surface area contributed by atoms with Gasteiger partial charge in [0.2, 0.25) is 5.88 Å². The van der Waals surface area contributed by atoms with Crippen LogP contribution in [-0.2, 0) is 4.74 Å². The number of azo groups is 1. The molecule has 0 spiro atoms. The molecular weight excluding hydrogens is 400 g/mol. The van der Waals surface area contributed by atoms with Crippen LogP contribution in [0.4, 0.5) is 17.5 Å². The predicted octanol–water partition coefficient (Wildman–Crippen LogP) is 4.78. The molecule has 0 bridgehead atoms. The Kier molecular flexibility index (Phi) is 4.34. The van der Waals surface area contributed by atoms with Crippen LogP contribution in [0.25, 0.3) is 21.1 Å². The zero-order valence-corrected chi connectivity index (χ0v) is 16.2. The molecule has 1 saturated heterocycles. The highest BCUT2D eigenvalue weighted by Crippen LogP contribution is 2.38. The van der Waals surface area contributed by atoms with Crippen molar-refractivity contribution in [1.29, 1.82) is 0 Å². The Bertz CT molecular complexity index is 1200. The Morgan fingerprint density at radius 3 is 2.89 bits per heavy atom. The largest absolute Gasteiger partial charge is 0.493 e. The van der Waals surface area contributed by atoms with Crippen molar-refractivity contribution in [3.63, 3.8) is 0 Å². The van der Waals surface area contributed by atoms with Crippen molar-refractivity contribution in [3.8, 4) is 5.88 Å². The molecule has 28 heavy (non-hydrogen) atoms. The summed E-state index contributed by atoms with van der Waals surface area (Å²) in [5, 5.41) is 21.8. The van der Waals surface area contributed by atoms with Gasteiger partial charge in [0, 0.05) is 23.5 Å². The van der Waals surface area contributed by atoms with E-state index in [1.54, 1.807) is 29.5 Å². The lowest BCUT2D eigenvalue weighted by Gasteiger charge is -2.28. The van der Waals surface area contributed by atoms with Gasteiger partial charge in [-0.3, -0.25) is 0 Å². The van der Waals surface area contributed by atoms with Gasteiger partial charge in [0.15, 0.2) is 11.5 Å². The number of anilines is 1. The number of fused-ring (bicyclic) bond motifs is 2. The molecule has 1 fully saturated rings. The highest BCUT2D eigenvalue weighted by Gasteiger charge is 2.18. The maximum absolute atomic E-state index is 10.2. The second-order valence-electron chi connectivity index (χ2n) is 6.29. The zero-order chi connectivity index (χ0) is 19.1. The molecule has 0 unspecified atom stereocenters. The van der Waals surface area contributed by atoms with E-state index >= 15 is 0 Å². The molecule has 0 atom stereocenters. The number of aromatic hydroxyl groups is 1. The van der Waals surface area contributed by atoms with Gasteiger partial charge in [0.1, 0.15) is 0 Å². The van der Waals surface area contributed by atoms with Gasteiger partial charge in [-0.25, -0.2) is 4.98 Å². The fourth-order valence-corrected chi connectivity index (χ4v) is 4.22. The Balaban J connectivity index is 1.57. The number of ether oxygens (including phenoxy) is 1. The number of aromatic nitrogens is 3. The lowest BCUT2D eigenvalue weighted by molar-refractivity contribution is 0.122. The minimum Gasteiger partial charge on any atom is -0.493 e. The van der Waals surface area contributed by atoms with Crippen LogP contribution in [0.3, 0.4) is 0 Å². The van der Waals surface area contributed by atoms with Crippen molar-refractivity contribution in [2.75, 3.05) is 31.2 Å². The van der Waals surface area contributed by atoms with Gasteiger partial charge in [-0.05, 0) is 29.6 Å². The number of nitrogens with zero attached hydrogens (tertiary/aromatic N) is 5. The topological polar surface area (TPSA) is 99.0 Å². The number of thiophene rings is 1. The molecule has 2 N–H and O–H groups in total. The molecule has 0 aliphatic carbocycles. The van der Waals surface area contributed by atoms with Gasteiger partial charge in [0.25, 0.3) is 5.95 Å². The first-order chi connectivity index (χ1) is 13.7. The van der Waals surface area contributed by atoms with Gasteiger partial charge in [-0.15, -0.1) is 21.6 Å². The van der Waals surface area contributed by atoms with Crippen molar-refractivity contribution in [2.24, 2.45) is 10.2 Å². The van der Waals surface area contributed by atoms with Crippen LogP contribution < -0.4 is 4.90 Å². The number of morpholine rings is 1. The predicted molar refractivity (Wildman–Crippen MR) is 110 cm³/mol. The molecule has 142 valence electrons. The molecule has 0 amide bonds. The van der Waals surface area contributed by atoms with Crippen LogP contribution in [0.15, 0.2) is 39.9 Å².